The van der Waals surface area contributed by atoms with E-state index in [1.807, 2.05) is 43.4 Å². The van der Waals surface area contributed by atoms with Crippen LogP contribution in [-0.2, 0) is 6.54 Å². The summed E-state index contributed by atoms with van der Waals surface area (Å²) in [5.41, 5.74) is 0.849. The third kappa shape index (κ3) is 4.37. The maximum atomic E-state index is 5.92. The van der Waals surface area contributed by atoms with E-state index in [1.165, 1.54) is 0 Å². The molecule has 2 aromatic heterocycles. The topological polar surface area (TPSA) is 51.6 Å². The Morgan fingerprint density at radius 2 is 2.09 bits per heavy atom. The molecule has 0 spiro atoms. The molecular weight excluding hydrogens is 316 g/mol. The van der Waals surface area contributed by atoms with Crippen LogP contribution in [0.2, 0.25) is 5.02 Å². The lowest BCUT2D eigenvalue weighted by molar-refractivity contribution is 0.229. The molecule has 0 N–H and O–H groups in total. The van der Waals surface area contributed by atoms with Crippen molar-refractivity contribution in [2.75, 3.05) is 20.2 Å². The highest BCUT2D eigenvalue weighted by atomic mass is 35.5. The average Bonchev–Trinajstić information content (AvgIpc) is 3.18. The average molecular weight is 333 g/mol. The standard InChI is InChI=1S/C17H17ClN2O3/c1-20(7-9-21-15-5-2-4-13(18)10-15)12-14-11-17(23-19-14)16-6-3-8-22-16/h2-6,8,10-11H,7,9,12H2,1H3. The van der Waals surface area contributed by atoms with E-state index in [0.29, 0.717) is 29.7 Å². The number of rotatable bonds is 7. The van der Waals surface area contributed by atoms with Crippen molar-refractivity contribution in [3.63, 3.8) is 0 Å². The van der Waals surface area contributed by atoms with Crippen LogP contribution in [0.25, 0.3) is 11.5 Å². The van der Waals surface area contributed by atoms with Crippen LogP contribution in [0.4, 0.5) is 0 Å². The summed E-state index contributed by atoms with van der Waals surface area (Å²) in [6.45, 7) is 2.00. The molecule has 0 amide bonds. The summed E-state index contributed by atoms with van der Waals surface area (Å²) < 4.78 is 16.2. The molecule has 0 bridgehead atoms. The van der Waals surface area contributed by atoms with Gasteiger partial charge in [-0.2, -0.15) is 0 Å². The first-order valence-electron chi connectivity index (χ1n) is 7.27. The third-order valence-corrected chi connectivity index (χ3v) is 3.53. The second-order valence-electron chi connectivity index (χ2n) is 5.20. The first kappa shape index (κ1) is 15.6. The van der Waals surface area contributed by atoms with E-state index in [9.17, 15) is 0 Å². The molecule has 0 unspecified atom stereocenters. The third-order valence-electron chi connectivity index (χ3n) is 3.29. The highest BCUT2D eigenvalue weighted by Crippen LogP contribution is 2.21. The predicted molar refractivity (Wildman–Crippen MR) is 87.5 cm³/mol. The highest BCUT2D eigenvalue weighted by molar-refractivity contribution is 6.30. The second-order valence-corrected chi connectivity index (χ2v) is 5.64. The number of halogens is 1. The maximum Gasteiger partial charge on any atom is 0.202 e. The van der Waals surface area contributed by atoms with Crippen LogP contribution >= 0.6 is 11.6 Å². The molecule has 2 heterocycles. The van der Waals surface area contributed by atoms with Gasteiger partial charge >= 0.3 is 0 Å². The SMILES string of the molecule is CN(CCOc1cccc(Cl)c1)Cc1cc(-c2ccco2)on1. The fourth-order valence-corrected chi connectivity index (χ4v) is 2.33. The number of hydrogen-bond donors (Lipinski definition) is 0. The Balaban J connectivity index is 1.47. The van der Waals surface area contributed by atoms with Crippen LogP contribution < -0.4 is 4.74 Å². The number of benzene rings is 1. The van der Waals surface area contributed by atoms with E-state index in [1.54, 1.807) is 12.3 Å². The molecular formula is C17H17ClN2O3. The van der Waals surface area contributed by atoms with Crippen molar-refractivity contribution in [2.45, 2.75) is 6.54 Å². The number of aromatic nitrogens is 1. The number of hydrogen-bond acceptors (Lipinski definition) is 5. The minimum Gasteiger partial charge on any atom is -0.492 e. The number of likely N-dealkylation sites (N-methyl/N-ethyl adjacent to an activating group) is 1. The zero-order valence-electron chi connectivity index (χ0n) is 12.7. The minimum atomic E-state index is 0.569. The molecule has 0 aliphatic heterocycles. The molecule has 0 radical (unpaired) electrons. The molecule has 120 valence electrons. The van der Waals surface area contributed by atoms with Gasteiger partial charge in [0.2, 0.25) is 5.76 Å². The quantitative estimate of drug-likeness (QED) is 0.652. The smallest absolute Gasteiger partial charge is 0.202 e. The summed E-state index contributed by atoms with van der Waals surface area (Å²) in [5.74, 6) is 2.08. The van der Waals surface area contributed by atoms with E-state index < -0.39 is 0 Å². The predicted octanol–water partition coefficient (Wildman–Crippen LogP) is 4.10. The minimum absolute atomic E-state index is 0.569. The summed E-state index contributed by atoms with van der Waals surface area (Å²) >= 11 is 5.92. The zero-order chi connectivity index (χ0) is 16.1. The summed E-state index contributed by atoms with van der Waals surface area (Å²) in [6.07, 6.45) is 1.61. The van der Waals surface area contributed by atoms with Gasteiger partial charge in [-0.1, -0.05) is 22.8 Å². The Kier molecular flexibility index (Phi) is 5.00. The zero-order valence-corrected chi connectivity index (χ0v) is 13.5. The van der Waals surface area contributed by atoms with Gasteiger partial charge in [-0.3, -0.25) is 4.90 Å². The number of ether oxygens (including phenoxy) is 1. The molecule has 1 aromatic carbocycles. The van der Waals surface area contributed by atoms with E-state index >= 15 is 0 Å². The van der Waals surface area contributed by atoms with Gasteiger partial charge in [0.25, 0.3) is 0 Å². The van der Waals surface area contributed by atoms with Crippen LogP contribution in [0.5, 0.6) is 5.75 Å². The second kappa shape index (κ2) is 7.35. The Bertz CT molecular complexity index is 740. The van der Waals surface area contributed by atoms with Gasteiger partial charge in [0.15, 0.2) is 5.76 Å². The fourth-order valence-electron chi connectivity index (χ4n) is 2.15. The van der Waals surface area contributed by atoms with Crippen LogP contribution in [0, 0.1) is 0 Å². The van der Waals surface area contributed by atoms with Crippen molar-refractivity contribution in [3.8, 4) is 17.3 Å². The molecule has 23 heavy (non-hydrogen) atoms. The van der Waals surface area contributed by atoms with E-state index in [0.717, 1.165) is 18.0 Å². The van der Waals surface area contributed by atoms with Crippen LogP contribution in [0.1, 0.15) is 5.69 Å². The van der Waals surface area contributed by atoms with Gasteiger partial charge in [-0.15, -0.1) is 0 Å². The first-order valence-corrected chi connectivity index (χ1v) is 7.65. The molecule has 0 fully saturated rings. The molecule has 0 saturated carbocycles. The van der Waals surface area contributed by atoms with E-state index in [2.05, 4.69) is 10.1 Å². The van der Waals surface area contributed by atoms with Crippen molar-refractivity contribution in [1.29, 1.82) is 0 Å². The first-order chi connectivity index (χ1) is 11.2. The van der Waals surface area contributed by atoms with Crippen LogP contribution in [-0.4, -0.2) is 30.3 Å². The Morgan fingerprint density at radius 3 is 2.87 bits per heavy atom. The molecule has 5 nitrogen and oxygen atoms in total. The van der Waals surface area contributed by atoms with Crippen molar-refractivity contribution in [3.05, 3.63) is 59.4 Å². The Labute approximate surface area is 139 Å². The van der Waals surface area contributed by atoms with Gasteiger partial charge in [-0.05, 0) is 37.4 Å². The highest BCUT2D eigenvalue weighted by Gasteiger charge is 2.10. The van der Waals surface area contributed by atoms with Gasteiger partial charge in [-0.25, -0.2) is 0 Å². The van der Waals surface area contributed by atoms with Gasteiger partial charge < -0.3 is 13.7 Å². The molecule has 3 aromatic rings. The number of furan rings is 1. The lowest BCUT2D eigenvalue weighted by Gasteiger charge is -2.15. The van der Waals surface area contributed by atoms with Crippen molar-refractivity contribution >= 4 is 11.6 Å². The number of nitrogens with zero attached hydrogens (tertiary/aromatic N) is 2. The Morgan fingerprint density at radius 1 is 1.17 bits per heavy atom. The van der Waals surface area contributed by atoms with Gasteiger partial charge in [0, 0.05) is 24.2 Å². The summed E-state index contributed by atoms with van der Waals surface area (Å²) in [5, 5.41) is 4.73. The summed E-state index contributed by atoms with van der Waals surface area (Å²) in [4.78, 5) is 2.11. The molecule has 3 rings (SSSR count). The molecule has 0 saturated heterocycles. The Hall–Kier alpha value is -2.24. The normalized spacial score (nSPS) is 11.1. The molecule has 6 heteroatoms. The van der Waals surface area contributed by atoms with Gasteiger partial charge in [0.1, 0.15) is 12.4 Å². The maximum absolute atomic E-state index is 5.92. The van der Waals surface area contributed by atoms with E-state index in [-0.39, 0.29) is 0 Å². The lowest BCUT2D eigenvalue weighted by atomic mass is 10.3. The molecule has 0 aliphatic carbocycles. The van der Waals surface area contributed by atoms with E-state index in [4.69, 9.17) is 25.3 Å². The van der Waals surface area contributed by atoms with Crippen molar-refractivity contribution in [2.24, 2.45) is 0 Å². The molecule has 0 aliphatic rings. The monoisotopic (exact) mass is 332 g/mol. The van der Waals surface area contributed by atoms with Crippen molar-refractivity contribution in [1.82, 2.24) is 10.1 Å². The van der Waals surface area contributed by atoms with Crippen LogP contribution in [0.15, 0.2) is 57.7 Å². The van der Waals surface area contributed by atoms with Crippen LogP contribution in [0.3, 0.4) is 0 Å². The lowest BCUT2D eigenvalue weighted by Crippen LogP contribution is -2.24. The van der Waals surface area contributed by atoms with Gasteiger partial charge in [0.05, 0.1) is 12.0 Å². The summed E-state index contributed by atoms with van der Waals surface area (Å²) in [6, 6.07) is 12.9. The van der Waals surface area contributed by atoms with Crippen molar-refractivity contribution < 1.29 is 13.7 Å². The fraction of sp³-hybridized carbons (Fsp3) is 0.235. The molecule has 0 atom stereocenters. The summed E-state index contributed by atoms with van der Waals surface area (Å²) in [7, 11) is 2.00. The largest absolute Gasteiger partial charge is 0.492 e.